The Morgan fingerprint density at radius 2 is 1.83 bits per heavy atom. The van der Waals surface area contributed by atoms with Gasteiger partial charge in [-0.05, 0) is 17.7 Å². The van der Waals surface area contributed by atoms with Gasteiger partial charge in [-0.25, -0.2) is 9.67 Å². The van der Waals surface area contributed by atoms with E-state index in [1.807, 2.05) is 60.0 Å². The molecular formula is C22H19N5O2S. The van der Waals surface area contributed by atoms with Crippen LogP contribution in [0.1, 0.15) is 22.8 Å². The summed E-state index contributed by atoms with van der Waals surface area (Å²) in [7, 11) is 0. The standard InChI is InChI=1S/C22H19N5O2S/c1-15(28)23-11-16-7-9-17(10-8-16)20-14-30-22(25-20)26-21(29)18-12-24-27(13-18)19-5-3-2-4-6-19/h2-10,12-14H,11H2,1H3,(H,23,28)(H,25,26,29). The van der Waals surface area contributed by atoms with Crippen LogP contribution in [0.5, 0.6) is 0 Å². The molecule has 0 aliphatic heterocycles. The number of aromatic nitrogens is 3. The second-order valence-corrected chi connectivity index (χ2v) is 7.47. The topological polar surface area (TPSA) is 88.9 Å². The van der Waals surface area contributed by atoms with Gasteiger partial charge in [0.05, 0.1) is 23.1 Å². The fraction of sp³-hybridized carbons (Fsp3) is 0.0909. The van der Waals surface area contributed by atoms with Crippen LogP contribution in [0.2, 0.25) is 0 Å². The summed E-state index contributed by atoms with van der Waals surface area (Å²) in [6.07, 6.45) is 3.22. The van der Waals surface area contributed by atoms with Crippen molar-refractivity contribution in [3.8, 4) is 16.9 Å². The maximum atomic E-state index is 12.5. The fourth-order valence-electron chi connectivity index (χ4n) is 2.81. The van der Waals surface area contributed by atoms with Gasteiger partial charge < -0.3 is 5.32 Å². The summed E-state index contributed by atoms with van der Waals surface area (Å²) < 4.78 is 1.66. The van der Waals surface area contributed by atoms with E-state index >= 15 is 0 Å². The van der Waals surface area contributed by atoms with Crippen molar-refractivity contribution >= 4 is 28.3 Å². The Labute approximate surface area is 177 Å². The van der Waals surface area contributed by atoms with Crippen molar-refractivity contribution < 1.29 is 9.59 Å². The number of thiazole rings is 1. The fourth-order valence-corrected chi connectivity index (χ4v) is 3.53. The highest BCUT2D eigenvalue weighted by Gasteiger charge is 2.12. The first-order valence-electron chi connectivity index (χ1n) is 9.29. The zero-order valence-electron chi connectivity index (χ0n) is 16.2. The molecule has 0 saturated carbocycles. The molecule has 7 nitrogen and oxygen atoms in total. The van der Waals surface area contributed by atoms with Gasteiger partial charge in [0.25, 0.3) is 5.91 Å². The minimum Gasteiger partial charge on any atom is -0.352 e. The first-order valence-corrected chi connectivity index (χ1v) is 10.2. The molecule has 0 saturated heterocycles. The van der Waals surface area contributed by atoms with E-state index in [4.69, 9.17) is 0 Å². The van der Waals surface area contributed by atoms with Gasteiger partial charge in [0.1, 0.15) is 0 Å². The van der Waals surface area contributed by atoms with Gasteiger partial charge >= 0.3 is 0 Å². The molecule has 8 heteroatoms. The third-order valence-corrected chi connectivity index (χ3v) is 5.14. The number of carbonyl (C=O) groups is 2. The van der Waals surface area contributed by atoms with E-state index in [-0.39, 0.29) is 11.8 Å². The van der Waals surface area contributed by atoms with E-state index in [1.54, 1.807) is 10.9 Å². The highest BCUT2D eigenvalue weighted by atomic mass is 32.1. The largest absolute Gasteiger partial charge is 0.352 e. The molecule has 0 radical (unpaired) electrons. The third-order valence-electron chi connectivity index (χ3n) is 4.38. The van der Waals surface area contributed by atoms with Crippen LogP contribution < -0.4 is 10.6 Å². The van der Waals surface area contributed by atoms with Crippen molar-refractivity contribution in [3.63, 3.8) is 0 Å². The maximum absolute atomic E-state index is 12.5. The SMILES string of the molecule is CC(=O)NCc1ccc(-c2csc(NC(=O)c3cnn(-c4ccccc4)c3)n2)cc1. The molecule has 2 aromatic heterocycles. The first kappa shape index (κ1) is 19.5. The molecule has 4 aromatic rings. The van der Waals surface area contributed by atoms with Crippen LogP contribution in [0.4, 0.5) is 5.13 Å². The van der Waals surface area contributed by atoms with Gasteiger partial charge in [-0.15, -0.1) is 11.3 Å². The summed E-state index contributed by atoms with van der Waals surface area (Å²) in [5, 5.41) is 12.3. The Bertz CT molecular complexity index is 1170. The molecule has 2 amide bonds. The Kier molecular flexibility index (Phi) is 5.67. The predicted molar refractivity (Wildman–Crippen MR) is 117 cm³/mol. The van der Waals surface area contributed by atoms with Gasteiger partial charge in [-0.1, -0.05) is 42.5 Å². The normalized spacial score (nSPS) is 10.6. The average Bonchev–Trinajstić information content (AvgIpc) is 3.43. The average molecular weight is 417 g/mol. The van der Waals surface area contributed by atoms with Crippen molar-refractivity contribution in [1.29, 1.82) is 0 Å². The summed E-state index contributed by atoms with van der Waals surface area (Å²) in [6.45, 7) is 1.98. The lowest BCUT2D eigenvalue weighted by molar-refractivity contribution is -0.119. The summed E-state index contributed by atoms with van der Waals surface area (Å²) in [6, 6.07) is 17.4. The lowest BCUT2D eigenvalue weighted by Gasteiger charge is -2.03. The number of para-hydroxylation sites is 1. The first-order chi connectivity index (χ1) is 14.6. The van der Waals surface area contributed by atoms with Gasteiger partial charge in [0.2, 0.25) is 5.91 Å². The molecule has 0 spiro atoms. The zero-order chi connectivity index (χ0) is 20.9. The van der Waals surface area contributed by atoms with Crippen molar-refractivity contribution in [1.82, 2.24) is 20.1 Å². The lowest BCUT2D eigenvalue weighted by atomic mass is 10.1. The summed E-state index contributed by atoms with van der Waals surface area (Å²) >= 11 is 1.36. The number of nitrogens with one attached hydrogen (secondary N) is 2. The van der Waals surface area contributed by atoms with E-state index in [0.29, 0.717) is 17.2 Å². The molecular weight excluding hydrogens is 398 g/mol. The van der Waals surface area contributed by atoms with E-state index < -0.39 is 0 Å². The molecule has 30 heavy (non-hydrogen) atoms. The van der Waals surface area contributed by atoms with Crippen LogP contribution in [0.25, 0.3) is 16.9 Å². The van der Waals surface area contributed by atoms with Gasteiger partial charge in [-0.3, -0.25) is 14.9 Å². The predicted octanol–water partition coefficient (Wildman–Crippen LogP) is 3.88. The van der Waals surface area contributed by atoms with Crippen molar-refractivity contribution in [2.45, 2.75) is 13.5 Å². The van der Waals surface area contributed by atoms with Crippen molar-refractivity contribution in [3.05, 3.63) is 83.5 Å². The van der Waals surface area contributed by atoms with E-state index in [0.717, 1.165) is 22.5 Å². The second kappa shape index (κ2) is 8.71. The molecule has 2 heterocycles. The molecule has 0 atom stereocenters. The molecule has 2 aromatic carbocycles. The van der Waals surface area contributed by atoms with E-state index in [9.17, 15) is 9.59 Å². The number of benzene rings is 2. The Morgan fingerprint density at radius 1 is 1.07 bits per heavy atom. The Balaban J connectivity index is 1.41. The molecule has 0 aliphatic carbocycles. The minimum atomic E-state index is -0.260. The molecule has 0 aliphatic rings. The van der Waals surface area contributed by atoms with Gasteiger partial charge in [0, 0.05) is 30.6 Å². The highest BCUT2D eigenvalue weighted by molar-refractivity contribution is 7.14. The van der Waals surface area contributed by atoms with E-state index in [2.05, 4.69) is 20.7 Å². The summed E-state index contributed by atoms with van der Waals surface area (Å²) in [5.74, 6) is -0.322. The van der Waals surface area contributed by atoms with Gasteiger partial charge in [-0.2, -0.15) is 5.10 Å². The quantitative estimate of drug-likeness (QED) is 0.498. The molecule has 2 N–H and O–H groups in total. The molecule has 0 bridgehead atoms. The van der Waals surface area contributed by atoms with Crippen LogP contribution in [-0.4, -0.2) is 26.6 Å². The third kappa shape index (κ3) is 4.61. The van der Waals surface area contributed by atoms with Crippen LogP contribution in [-0.2, 0) is 11.3 Å². The summed E-state index contributed by atoms with van der Waals surface area (Å²) in [5.41, 5.74) is 4.07. The van der Waals surface area contributed by atoms with Crippen LogP contribution in [0, 0.1) is 0 Å². The monoisotopic (exact) mass is 417 g/mol. The number of anilines is 1. The van der Waals surface area contributed by atoms with Crippen LogP contribution in [0.3, 0.4) is 0 Å². The smallest absolute Gasteiger partial charge is 0.260 e. The number of amides is 2. The highest BCUT2D eigenvalue weighted by Crippen LogP contribution is 2.25. The molecule has 4 rings (SSSR count). The Morgan fingerprint density at radius 3 is 2.57 bits per heavy atom. The summed E-state index contributed by atoms with van der Waals surface area (Å²) in [4.78, 5) is 28.1. The van der Waals surface area contributed by atoms with E-state index in [1.165, 1.54) is 24.5 Å². The number of rotatable bonds is 6. The number of hydrogen-bond acceptors (Lipinski definition) is 5. The second-order valence-electron chi connectivity index (χ2n) is 6.61. The van der Waals surface area contributed by atoms with Crippen LogP contribution >= 0.6 is 11.3 Å². The number of carbonyl (C=O) groups excluding carboxylic acids is 2. The lowest BCUT2D eigenvalue weighted by Crippen LogP contribution is -2.18. The number of nitrogens with zero attached hydrogens (tertiary/aromatic N) is 3. The van der Waals surface area contributed by atoms with Crippen molar-refractivity contribution in [2.75, 3.05) is 5.32 Å². The number of hydrogen-bond donors (Lipinski definition) is 2. The van der Waals surface area contributed by atoms with Crippen molar-refractivity contribution in [2.24, 2.45) is 0 Å². The van der Waals surface area contributed by atoms with Gasteiger partial charge in [0.15, 0.2) is 5.13 Å². The maximum Gasteiger partial charge on any atom is 0.260 e. The minimum absolute atomic E-state index is 0.0618. The Hall–Kier alpha value is -3.78. The molecule has 0 unspecified atom stereocenters. The van der Waals surface area contributed by atoms with Crippen LogP contribution in [0.15, 0.2) is 72.4 Å². The molecule has 0 fully saturated rings. The molecule has 150 valence electrons. The zero-order valence-corrected chi connectivity index (χ0v) is 17.0.